The molecule has 1 saturated heterocycles. The Labute approximate surface area is 280 Å². The van der Waals surface area contributed by atoms with Crippen LogP contribution in [0.2, 0.25) is 0 Å². The second kappa shape index (κ2) is 13.2. The van der Waals surface area contributed by atoms with Crippen molar-refractivity contribution >= 4 is 23.2 Å². The van der Waals surface area contributed by atoms with Crippen molar-refractivity contribution in [1.82, 2.24) is 25.0 Å². The molecule has 2 aromatic heterocycles. The molecule has 1 aliphatic rings. The summed E-state index contributed by atoms with van der Waals surface area (Å²) in [5, 5.41) is 9.77. The van der Waals surface area contributed by atoms with Crippen molar-refractivity contribution < 1.29 is 23.5 Å². The van der Waals surface area contributed by atoms with Crippen LogP contribution in [0.3, 0.4) is 0 Å². The van der Waals surface area contributed by atoms with Crippen LogP contribution in [-0.2, 0) is 28.0 Å². The van der Waals surface area contributed by atoms with E-state index >= 15 is 9.18 Å². The summed E-state index contributed by atoms with van der Waals surface area (Å²) < 4.78 is 31.4. The molecule has 47 heavy (non-hydrogen) atoms. The number of halogens is 1. The van der Waals surface area contributed by atoms with Crippen LogP contribution >= 0.6 is 11.3 Å². The SMILES string of the molecule is COc1cc(C(=O)N2C(c3nccs3)C(F)(CNCc3ccccc3)CC2(Cn2cccn2)C(=O)OC(C)(C)C)ccc1C(C)(C)C. The van der Waals surface area contributed by atoms with Crippen molar-refractivity contribution in [2.75, 3.05) is 13.7 Å². The van der Waals surface area contributed by atoms with Crippen LogP contribution in [0.4, 0.5) is 4.39 Å². The molecule has 3 atom stereocenters. The van der Waals surface area contributed by atoms with E-state index in [1.807, 2.05) is 36.4 Å². The lowest BCUT2D eigenvalue weighted by Crippen LogP contribution is -2.58. The third-order valence-electron chi connectivity index (χ3n) is 8.31. The zero-order chi connectivity index (χ0) is 34.0. The van der Waals surface area contributed by atoms with Gasteiger partial charge < -0.3 is 19.7 Å². The first-order valence-corrected chi connectivity index (χ1v) is 16.6. The average molecular weight is 662 g/mol. The number of hydrogen-bond acceptors (Lipinski definition) is 8. The average Bonchev–Trinajstić information content (AvgIpc) is 3.77. The van der Waals surface area contributed by atoms with Crippen molar-refractivity contribution in [3.63, 3.8) is 0 Å². The summed E-state index contributed by atoms with van der Waals surface area (Å²) >= 11 is 1.24. The fraction of sp³-hybridized carbons (Fsp3) is 0.444. The Hall–Kier alpha value is -4.09. The van der Waals surface area contributed by atoms with E-state index in [0.717, 1.165) is 11.1 Å². The van der Waals surface area contributed by atoms with Crippen LogP contribution in [0.5, 0.6) is 5.75 Å². The molecule has 5 rings (SSSR count). The number of hydrogen-bond donors (Lipinski definition) is 1. The van der Waals surface area contributed by atoms with Gasteiger partial charge in [0, 0.05) is 49.0 Å². The number of methoxy groups -OCH3 is 1. The van der Waals surface area contributed by atoms with Crippen LogP contribution in [0.15, 0.2) is 78.6 Å². The number of carbonyl (C=O) groups excluding carboxylic acids is 2. The molecule has 0 bridgehead atoms. The number of esters is 1. The van der Waals surface area contributed by atoms with E-state index in [9.17, 15) is 4.79 Å². The van der Waals surface area contributed by atoms with Gasteiger partial charge in [-0.3, -0.25) is 9.48 Å². The van der Waals surface area contributed by atoms with Gasteiger partial charge >= 0.3 is 5.97 Å². The summed E-state index contributed by atoms with van der Waals surface area (Å²) in [4.78, 5) is 35.5. The molecule has 1 amide bonds. The third kappa shape index (κ3) is 7.26. The molecular formula is C36H44FN5O4S. The Bertz CT molecular complexity index is 1670. The van der Waals surface area contributed by atoms with Gasteiger partial charge in [0.2, 0.25) is 0 Å². The smallest absolute Gasteiger partial charge is 0.334 e. The third-order valence-corrected chi connectivity index (χ3v) is 9.14. The monoisotopic (exact) mass is 661 g/mol. The predicted molar refractivity (Wildman–Crippen MR) is 180 cm³/mol. The lowest BCUT2D eigenvalue weighted by atomic mass is 9.85. The lowest BCUT2D eigenvalue weighted by Gasteiger charge is -2.40. The van der Waals surface area contributed by atoms with Crippen molar-refractivity contribution in [3.8, 4) is 5.75 Å². The molecule has 4 aromatic rings. The van der Waals surface area contributed by atoms with Gasteiger partial charge in [-0.25, -0.2) is 14.2 Å². The lowest BCUT2D eigenvalue weighted by molar-refractivity contribution is -0.168. The highest BCUT2D eigenvalue weighted by atomic mass is 32.1. The van der Waals surface area contributed by atoms with Crippen LogP contribution in [0.25, 0.3) is 0 Å². The quantitative estimate of drug-likeness (QED) is 0.194. The number of alkyl halides is 1. The number of benzene rings is 2. The van der Waals surface area contributed by atoms with Crippen LogP contribution in [0, 0.1) is 0 Å². The highest BCUT2D eigenvalue weighted by Crippen LogP contribution is 2.54. The highest BCUT2D eigenvalue weighted by Gasteiger charge is 2.68. The first kappa shape index (κ1) is 34.3. The summed E-state index contributed by atoms with van der Waals surface area (Å²) in [7, 11) is 1.56. The first-order valence-electron chi connectivity index (χ1n) is 15.7. The molecule has 3 heterocycles. The molecule has 1 N–H and O–H groups in total. The topological polar surface area (TPSA) is 98.6 Å². The molecule has 0 spiro atoms. The van der Waals surface area contributed by atoms with Gasteiger partial charge in [0.1, 0.15) is 22.4 Å². The van der Waals surface area contributed by atoms with Crippen molar-refractivity contribution in [3.05, 3.63) is 100 Å². The Balaban J connectivity index is 1.69. The maximum absolute atomic E-state index is 18.1. The standard InChI is InChI=1S/C36H44FN5O4S/c1-33(2,3)27-15-14-26(20-28(27)45-7)31(43)42-29(30-39-17-19-47-30)35(37,23-38-21-25-12-9-8-10-13-25)22-36(42,24-41-18-11-16-40-41)32(44)46-34(4,5)6/h8-20,29,38H,21-24H2,1-7H3. The summed E-state index contributed by atoms with van der Waals surface area (Å²) in [6.45, 7) is 11.6. The number of amides is 1. The fourth-order valence-electron chi connectivity index (χ4n) is 6.31. The van der Waals surface area contributed by atoms with Gasteiger partial charge in [0.15, 0.2) is 11.2 Å². The van der Waals surface area contributed by atoms with Gasteiger partial charge in [-0.15, -0.1) is 11.3 Å². The second-order valence-electron chi connectivity index (χ2n) is 14.2. The Morgan fingerprint density at radius 1 is 1.06 bits per heavy atom. The Morgan fingerprint density at radius 3 is 2.40 bits per heavy atom. The molecule has 250 valence electrons. The largest absolute Gasteiger partial charge is 0.496 e. The number of likely N-dealkylation sites (tertiary alicyclic amines) is 1. The van der Waals surface area contributed by atoms with Gasteiger partial charge in [0.25, 0.3) is 5.91 Å². The normalized spacial score (nSPS) is 21.5. The minimum atomic E-state index is -2.12. The molecule has 0 aliphatic carbocycles. The molecular weight excluding hydrogens is 617 g/mol. The number of carbonyl (C=O) groups is 2. The van der Waals surface area contributed by atoms with Crippen molar-refractivity contribution in [2.24, 2.45) is 0 Å². The zero-order valence-corrected chi connectivity index (χ0v) is 28.9. The molecule has 0 saturated carbocycles. The van der Waals surface area contributed by atoms with Crippen molar-refractivity contribution in [2.45, 2.75) is 89.3 Å². The molecule has 3 unspecified atom stereocenters. The number of nitrogens with one attached hydrogen (secondary N) is 1. The van der Waals surface area contributed by atoms with E-state index < -0.39 is 34.7 Å². The maximum Gasteiger partial charge on any atom is 0.334 e. The zero-order valence-electron chi connectivity index (χ0n) is 28.1. The minimum Gasteiger partial charge on any atom is -0.496 e. The highest BCUT2D eigenvalue weighted by molar-refractivity contribution is 7.09. The Morgan fingerprint density at radius 2 is 1.81 bits per heavy atom. The van der Waals surface area contributed by atoms with Gasteiger partial charge in [-0.1, -0.05) is 57.2 Å². The van der Waals surface area contributed by atoms with E-state index in [-0.39, 0.29) is 30.5 Å². The first-order chi connectivity index (χ1) is 22.2. The van der Waals surface area contributed by atoms with E-state index in [1.165, 1.54) is 16.2 Å². The molecule has 1 fully saturated rings. The molecule has 11 heteroatoms. The Kier molecular flexibility index (Phi) is 9.62. The fourth-order valence-corrected chi connectivity index (χ4v) is 7.14. The summed E-state index contributed by atoms with van der Waals surface area (Å²) in [5.74, 6) is -0.722. The molecule has 1 aliphatic heterocycles. The number of ether oxygens (including phenoxy) is 2. The van der Waals surface area contributed by atoms with Gasteiger partial charge in [-0.05, 0) is 55.5 Å². The van der Waals surface area contributed by atoms with E-state index in [0.29, 0.717) is 17.3 Å². The number of rotatable bonds is 10. The van der Waals surface area contributed by atoms with Crippen LogP contribution in [-0.4, -0.2) is 62.0 Å². The van der Waals surface area contributed by atoms with E-state index in [1.54, 1.807) is 74.7 Å². The second-order valence-corrected chi connectivity index (χ2v) is 15.1. The van der Waals surface area contributed by atoms with E-state index in [2.05, 4.69) is 36.2 Å². The summed E-state index contributed by atoms with van der Waals surface area (Å²) in [5.41, 5.74) is -2.93. The van der Waals surface area contributed by atoms with Crippen molar-refractivity contribution in [1.29, 1.82) is 0 Å². The number of thiazole rings is 1. The predicted octanol–water partition coefficient (Wildman–Crippen LogP) is 6.51. The summed E-state index contributed by atoms with van der Waals surface area (Å²) in [6, 6.07) is 15.4. The van der Waals surface area contributed by atoms with Crippen LogP contribution in [0.1, 0.15) is 80.5 Å². The summed E-state index contributed by atoms with van der Waals surface area (Å²) in [6.07, 6.45) is 4.52. The number of nitrogens with zero attached hydrogens (tertiary/aromatic N) is 4. The number of aromatic nitrogens is 3. The molecule has 9 nitrogen and oxygen atoms in total. The van der Waals surface area contributed by atoms with Crippen LogP contribution < -0.4 is 10.1 Å². The maximum atomic E-state index is 18.1. The minimum absolute atomic E-state index is 0.121. The molecule has 0 radical (unpaired) electrons. The van der Waals surface area contributed by atoms with Gasteiger partial charge in [-0.2, -0.15) is 5.10 Å². The van der Waals surface area contributed by atoms with Gasteiger partial charge in [0.05, 0.1) is 13.7 Å². The van der Waals surface area contributed by atoms with E-state index in [4.69, 9.17) is 9.47 Å². The molecule has 2 aromatic carbocycles.